The van der Waals surface area contributed by atoms with E-state index in [1.807, 2.05) is 0 Å². The lowest BCUT2D eigenvalue weighted by atomic mass is 10.3. The second kappa shape index (κ2) is 2.75. The molecular weight excluding hydrogens is 154 g/mol. The van der Waals surface area contributed by atoms with Crippen LogP contribution in [0.25, 0.3) is 0 Å². The normalized spacial score (nSPS) is 9.40. The first-order valence-corrected chi connectivity index (χ1v) is 3.04. The van der Waals surface area contributed by atoms with Gasteiger partial charge in [-0.25, -0.2) is 4.79 Å². The molecule has 4 heteroatoms. The maximum Gasteiger partial charge on any atom is 0.340 e. The van der Waals surface area contributed by atoms with Gasteiger partial charge in [-0.2, -0.15) is 0 Å². The van der Waals surface area contributed by atoms with Crippen molar-refractivity contribution in [2.24, 2.45) is 0 Å². The Balaban J connectivity index is 2.93. The predicted octanol–water partition coefficient (Wildman–Crippen LogP) is 1.45. The molecule has 54 valence electrons. The van der Waals surface area contributed by atoms with E-state index in [-0.39, 0.29) is 0 Å². The van der Waals surface area contributed by atoms with Crippen molar-refractivity contribution in [1.29, 1.82) is 0 Å². The third kappa shape index (κ3) is 1.14. The van der Waals surface area contributed by atoms with Crippen molar-refractivity contribution in [1.82, 2.24) is 4.98 Å². The van der Waals surface area contributed by atoms with E-state index in [2.05, 4.69) is 9.72 Å². The monoisotopic (exact) mass is 159 g/mol. The Bertz CT molecular complexity index is 244. The summed E-state index contributed by atoms with van der Waals surface area (Å²) in [7, 11) is 1.31. The van der Waals surface area contributed by atoms with Gasteiger partial charge in [0.2, 0.25) is 0 Å². The van der Waals surface area contributed by atoms with Gasteiger partial charge in [-0.3, -0.25) is 0 Å². The zero-order valence-corrected chi connectivity index (χ0v) is 6.11. The molecule has 0 fully saturated rings. The van der Waals surface area contributed by atoms with Gasteiger partial charge in [0, 0.05) is 12.4 Å². The van der Waals surface area contributed by atoms with Crippen molar-refractivity contribution in [3.63, 3.8) is 0 Å². The summed E-state index contributed by atoms with van der Waals surface area (Å²) in [6, 6.07) is 0. The molecule has 1 aromatic heterocycles. The zero-order chi connectivity index (χ0) is 7.56. The highest BCUT2D eigenvalue weighted by atomic mass is 35.5. The fourth-order valence-corrected chi connectivity index (χ4v) is 0.806. The zero-order valence-electron chi connectivity index (χ0n) is 5.35. The van der Waals surface area contributed by atoms with Crippen LogP contribution in [0.4, 0.5) is 0 Å². The van der Waals surface area contributed by atoms with Crippen LogP contribution in [0.5, 0.6) is 0 Å². The van der Waals surface area contributed by atoms with Crippen molar-refractivity contribution < 1.29 is 9.53 Å². The van der Waals surface area contributed by atoms with Crippen molar-refractivity contribution >= 4 is 17.6 Å². The van der Waals surface area contributed by atoms with Crippen LogP contribution in [0.15, 0.2) is 12.4 Å². The molecule has 10 heavy (non-hydrogen) atoms. The number of hydrogen-bond donors (Lipinski definition) is 1. The molecular formula is C6H6ClNO2. The van der Waals surface area contributed by atoms with E-state index in [9.17, 15) is 4.79 Å². The summed E-state index contributed by atoms with van der Waals surface area (Å²) in [5.41, 5.74) is 0.365. The number of aromatic amines is 1. The number of nitrogens with one attached hydrogen (secondary N) is 1. The van der Waals surface area contributed by atoms with E-state index in [0.29, 0.717) is 10.6 Å². The minimum absolute atomic E-state index is 0.365. The minimum atomic E-state index is -0.425. The standard InChI is InChI=1S/C6H6ClNO2/c1-10-6(9)4-2-8-3-5(4)7/h2-3,8H,1H3. The number of ether oxygens (including phenoxy) is 1. The number of methoxy groups -OCH3 is 1. The van der Waals surface area contributed by atoms with E-state index >= 15 is 0 Å². The SMILES string of the molecule is COC(=O)c1c[nH]cc1Cl. The molecule has 0 saturated carbocycles. The molecule has 0 aromatic carbocycles. The molecule has 0 atom stereocenters. The van der Waals surface area contributed by atoms with Crippen LogP contribution in [0.1, 0.15) is 10.4 Å². The lowest BCUT2D eigenvalue weighted by Crippen LogP contribution is -1.99. The van der Waals surface area contributed by atoms with Gasteiger partial charge in [0.25, 0.3) is 0 Å². The third-order valence-corrected chi connectivity index (χ3v) is 1.41. The topological polar surface area (TPSA) is 42.1 Å². The average molecular weight is 160 g/mol. The van der Waals surface area contributed by atoms with Gasteiger partial charge in [0.05, 0.1) is 17.7 Å². The second-order valence-electron chi connectivity index (χ2n) is 1.71. The summed E-state index contributed by atoms with van der Waals surface area (Å²) < 4.78 is 4.43. The van der Waals surface area contributed by atoms with Gasteiger partial charge in [0.15, 0.2) is 0 Å². The quantitative estimate of drug-likeness (QED) is 0.631. The molecule has 0 unspecified atom stereocenters. The number of carbonyl (C=O) groups is 1. The molecule has 1 N–H and O–H groups in total. The molecule has 1 rings (SSSR count). The Hall–Kier alpha value is -0.960. The highest BCUT2D eigenvalue weighted by Gasteiger charge is 2.09. The molecule has 0 aliphatic carbocycles. The second-order valence-corrected chi connectivity index (χ2v) is 2.12. The molecule has 0 aliphatic heterocycles. The van der Waals surface area contributed by atoms with E-state index in [4.69, 9.17) is 11.6 Å². The molecule has 0 saturated heterocycles. The molecule has 0 amide bonds. The molecule has 0 radical (unpaired) electrons. The van der Waals surface area contributed by atoms with E-state index < -0.39 is 5.97 Å². The molecule has 1 aromatic rings. The van der Waals surface area contributed by atoms with Gasteiger partial charge in [-0.1, -0.05) is 11.6 Å². The Kier molecular flexibility index (Phi) is 1.97. The highest BCUT2D eigenvalue weighted by molar-refractivity contribution is 6.33. The predicted molar refractivity (Wildman–Crippen MR) is 37.1 cm³/mol. The lowest BCUT2D eigenvalue weighted by Gasteiger charge is -1.93. The van der Waals surface area contributed by atoms with E-state index in [0.717, 1.165) is 0 Å². The smallest absolute Gasteiger partial charge is 0.340 e. The number of hydrogen-bond acceptors (Lipinski definition) is 2. The van der Waals surface area contributed by atoms with Gasteiger partial charge in [-0.15, -0.1) is 0 Å². The van der Waals surface area contributed by atoms with Crippen LogP contribution in [-0.4, -0.2) is 18.1 Å². The fraction of sp³-hybridized carbons (Fsp3) is 0.167. The third-order valence-electron chi connectivity index (χ3n) is 1.10. The lowest BCUT2D eigenvalue weighted by molar-refractivity contribution is 0.0601. The number of halogens is 1. The minimum Gasteiger partial charge on any atom is -0.465 e. The Morgan fingerprint density at radius 1 is 1.70 bits per heavy atom. The summed E-state index contributed by atoms with van der Waals surface area (Å²) in [5, 5.41) is 0.381. The number of carbonyl (C=O) groups excluding carboxylic acids is 1. The van der Waals surface area contributed by atoms with Crippen LogP contribution in [0.2, 0.25) is 5.02 Å². The highest BCUT2D eigenvalue weighted by Crippen LogP contribution is 2.14. The van der Waals surface area contributed by atoms with Crippen LogP contribution in [0.3, 0.4) is 0 Å². The van der Waals surface area contributed by atoms with Crippen LogP contribution in [-0.2, 0) is 4.74 Å². The molecule has 0 spiro atoms. The van der Waals surface area contributed by atoms with Crippen LogP contribution in [0, 0.1) is 0 Å². The summed E-state index contributed by atoms with van der Waals surface area (Å²) in [6.45, 7) is 0. The number of esters is 1. The average Bonchev–Trinajstić information content (AvgIpc) is 2.34. The largest absolute Gasteiger partial charge is 0.465 e. The summed E-state index contributed by atoms with van der Waals surface area (Å²) >= 11 is 5.58. The van der Waals surface area contributed by atoms with Gasteiger partial charge < -0.3 is 9.72 Å². The number of rotatable bonds is 1. The summed E-state index contributed by atoms with van der Waals surface area (Å²) in [4.78, 5) is 13.4. The van der Waals surface area contributed by atoms with Crippen molar-refractivity contribution in [2.75, 3.05) is 7.11 Å². The van der Waals surface area contributed by atoms with Gasteiger partial charge in [0.1, 0.15) is 0 Å². The van der Waals surface area contributed by atoms with Crippen LogP contribution < -0.4 is 0 Å². The van der Waals surface area contributed by atoms with Crippen molar-refractivity contribution in [3.05, 3.63) is 23.0 Å². The maximum atomic E-state index is 10.8. The first-order valence-electron chi connectivity index (χ1n) is 2.66. The molecule has 0 bridgehead atoms. The Labute approximate surface area is 62.9 Å². The Morgan fingerprint density at radius 2 is 2.40 bits per heavy atom. The first kappa shape index (κ1) is 7.15. The first-order chi connectivity index (χ1) is 4.75. The van der Waals surface area contributed by atoms with Gasteiger partial charge in [-0.05, 0) is 0 Å². The number of H-pyrrole nitrogens is 1. The Morgan fingerprint density at radius 3 is 2.80 bits per heavy atom. The molecule has 3 nitrogen and oxygen atoms in total. The van der Waals surface area contributed by atoms with Crippen LogP contribution >= 0.6 is 11.6 Å². The van der Waals surface area contributed by atoms with E-state index in [1.165, 1.54) is 19.5 Å². The van der Waals surface area contributed by atoms with E-state index in [1.54, 1.807) is 0 Å². The molecule has 1 heterocycles. The molecule has 0 aliphatic rings. The van der Waals surface area contributed by atoms with Crippen molar-refractivity contribution in [2.45, 2.75) is 0 Å². The summed E-state index contributed by atoms with van der Waals surface area (Å²) in [5.74, 6) is -0.425. The summed E-state index contributed by atoms with van der Waals surface area (Å²) in [6.07, 6.45) is 3.02. The maximum absolute atomic E-state index is 10.8. The number of aromatic nitrogens is 1. The van der Waals surface area contributed by atoms with Gasteiger partial charge >= 0.3 is 5.97 Å². The fourth-order valence-electron chi connectivity index (χ4n) is 0.611. The van der Waals surface area contributed by atoms with Crippen molar-refractivity contribution in [3.8, 4) is 0 Å².